The molecule has 0 radical (unpaired) electrons. The molecular formula is C50H61FN12O6. The van der Waals surface area contributed by atoms with Crippen LogP contribution in [-0.2, 0) is 22.3 Å². The molecule has 2 saturated heterocycles. The molecule has 19 heteroatoms. The summed E-state index contributed by atoms with van der Waals surface area (Å²) in [7, 11) is 0. The maximum Gasteiger partial charge on any atom is 0.410 e. The van der Waals surface area contributed by atoms with Crippen molar-refractivity contribution in [1.82, 2.24) is 50.3 Å². The van der Waals surface area contributed by atoms with Gasteiger partial charge in [0.1, 0.15) is 28.1 Å². The number of halogens is 1. The van der Waals surface area contributed by atoms with Crippen LogP contribution in [0.15, 0.2) is 48.5 Å². The Kier molecular flexibility index (Phi) is 13.6. The van der Waals surface area contributed by atoms with E-state index < -0.39 is 17.1 Å². The number of carbonyl (C=O) groups excluding carboxylic acids is 4. The van der Waals surface area contributed by atoms with Crippen molar-refractivity contribution in [2.45, 2.75) is 104 Å². The topological polar surface area (TPSA) is 238 Å². The Hall–Kier alpha value is -7.15. The van der Waals surface area contributed by atoms with Crippen LogP contribution in [0.4, 0.5) is 19.8 Å². The van der Waals surface area contributed by atoms with Crippen LogP contribution in [0, 0.1) is 19.8 Å². The molecule has 2 atom stereocenters. The van der Waals surface area contributed by atoms with Crippen LogP contribution >= 0.6 is 0 Å². The highest BCUT2D eigenvalue weighted by Gasteiger charge is 2.31. The largest absolute Gasteiger partial charge is 0.444 e. The molecule has 0 aliphatic carbocycles. The molecular weight excluding hydrogens is 884 g/mol. The number of nitrogens with zero attached hydrogens (tertiary/aromatic N) is 6. The van der Waals surface area contributed by atoms with Crippen LogP contribution in [0.25, 0.3) is 44.6 Å². The number of carbonyl (C=O) groups is 4. The van der Waals surface area contributed by atoms with Crippen LogP contribution < -0.4 is 21.7 Å². The first-order valence-corrected chi connectivity index (χ1v) is 23.4. The van der Waals surface area contributed by atoms with E-state index >= 15 is 0 Å². The van der Waals surface area contributed by atoms with Gasteiger partial charge in [-0.1, -0.05) is 24.3 Å². The zero-order valence-electron chi connectivity index (χ0n) is 40.4. The van der Waals surface area contributed by atoms with Gasteiger partial charge in [0.05, 0.1) is 33.5 Å². The molecule has 8 heterocycles. The smallest absolute Gasteiger partial charge is 0.410 e. The number of nitrogens with two attached hydrogens (primary N) is 1. The highest BCUT2D eigenvalue weighted by Crippen LogP contribution is 2.32. The lowest BCUT2D eigenvalue weighted by Gasteiger charge is -2.24. The number of nitrogens with one attached hydrogen (secondary N) is 5. The standard InChI is InChI=1S/C25H30N6O3.C16H13FN4O.C9H18N2O2/c1-14-22(28-15-9-11-31(13-15)24(33)34-25(2,3)4)30-21-16(6-5-7-19(21)27-14)20-12-17-18(29-20)8-10-26-23(17)32;1-8-15(17)21-14-9(3-2-4-12(14)19-8)13-7-10-11(20-13)5-6-18-16(10)22;1-9(2,3)13-8(12)11-5-4-7(10)6-11/h5-7,12,15,29H,8-11,13H2,1-4H3,(H,26,32)(H,28,30);2-4,7,20H,5-6H2,1H3,(H,18,22);7H,4-6,10H2,1-3H3/t15-;;7-/m0.0/s1. The molecule has 4 amide bonds. The minimum atomic E-state index is -0.575. The van der Waals surface area contributed by atoms with Crippen LogP contribution in [0.5, 0.6) is 0 Å². The van der Waals surface area contributed by atoms with E-state index in [0.717, 1.165) is 82.9 Å². The summed E-state index contributed by atoms with van der Waals surface area (Å²) in [4.78, 5) is 76.0. The normalized spacial score (nSPS) is 17.8. The maximum absolute atomic E-state index is 13.8. The average Bonchev–Trinajstić information content (AvgIpc) is 4.11. The number of hydrogen-bond donors (Lipinski definition) is 6. The SMILES string of the molecule is CC(C)(C)OC(=O)N1CC[C@H](N)C1.Cc1nc2cccc(-c3cc4c([nH]3)CCNC4=O)c2nc1F.Cc1nc2cccc(-c3cc4c([nH]3)CCNC4=O)c2nc1N[C@H]1CCN(C(=O)OC(C)(C)C)C1. The van der Waals surface area contributed by atoms with Gasteiger partial charge in [-0.3, -0.25) is 9.59 Å². The zero-order chi connectivity index (χ0) is 49.4. The fraction of sp³-hybridized carbons (Fsp3) is 0.440. The number of aryl methyl sites for hydroxylation is 2. The van der Waals surface area contributed by atoms with Crippen LogP contribution in [0.2, 0.25) is 0 Å². The number of para-hydroxylation sites is 2. The number of aromatic nitrogens is 6. The summed E-state index contributed by atoms with van der Waals surface area (Å²) in [5, 5.41) is 9.18. The van der Waals surface area contributed by atoms with E-state index in [1.54, 1.807) is 28.9 Å². The highest BCUT2D eigenvalue weighted by molar-refractivity contribution is 6.00. The molecule has 364 valence electrons. The average molecular weight is 945 g/mol. The molecule has 18 nitrogen and oxygen atoms in total. The van der Waals surface area contributed by atoms with Gasteiger partial charge in [-0.15, -0.1) is 0 Å². The summed E-state index contributed by atoms with van der Waals surface area (Å²) >= 11 is 0. The summed E-state index contributed by atoms with van der Waals surface area (Å²) in [6.07, 6.45) is 2.67. The fourth-order valence-electron chi connectivity index (χ4n) is 8.60. The van der Waals surface area contributed by atoms with E-state index in [2.05, 4.69) is 35.9 Å². The van der Waals surface area contributed by atoms with Crippen molar-refractivity contribution in [3.8, 4) is 22.5 Å². The molecule has 4 aliphatic rings. The van der Waals surface area contributed by atoms with E-state index in [0.29, 0.717) is 60.7 Å². The number of amides is 4. The Morgan fingerprint density at radius 3 is 1.68 bits per heavy atom. The second kappa shape index (κ2) is 19.5. The molecule has 2 fully saturated rings. The molecule has 0 spiro atoms. The van der Waals surface area contributed by atoms with E-state index in [1.807, 2.05) is 84.9 Å². The van der Waals surface area contributed by atoms with Gasteiger partial charge in [-0.25, -0.2) is 29.5 Å². The van der Waals surface area contributed by atoms with Crippen LogP contribution in [0.3, 0.4) is 0 Å². The van der Waals surface area contributed by atoms with Gasteiger partial charge >= 0.3 is 12.2 Å². The number of fused-ring (bicyclic) bond motifs is 4. The van der Waals surface area contributed by atoms with Crippen molar-refractivity contribution >= 4 is 51.9 Å². The molecule has 7 N–H and O–H groups in total. The maximum atomic E-state index is 13.8. The molecule has 4 aromatic heterocycles. The van der Waals surface area contributed by atoms with E-state index in [-0.39, 0.29) is 41.8 Å². The van der Waals surface area contributed by atoms with Gasteiger partial charge in [-0.2, -0.15) is 4.39 Å². The number of H-pyrrole nitrogens is 2. The number of ether oxygens (including phenoxy) is 2. The van der Waals surface area contributed by atoms with Crippen molar-refractivity contribution < 1.29 is 33.0 Å². The molecule has 4 aliphatic heterocycles. The minimum absolute atomic E-state index is 0.0518. The molecule has 0 unspecified atom stereocenters. The van der Waals surface area contributed by atoms with Crippen molar-refractivity contribution in [3.63, 3.8) is 0 Å². The van der Waals surface area contributed by atoms with Gasteiger partial charge in [0.25, 0.3) is 11.8 Å². The first kappa shape index (κ1) is 48.3. The Balaban J connectivity index is 0.000000156. The van der Waals surface area contributed by atoms with Crippen molar-refractivity contribution in [1.29, 1.82) is 0 Å². The lowest BCUT2D eigenvalue weighted by Crippen LogP contribution is -2.36. The second-order valence-corrected chi connectivity index (χ2v) is 19.8. The van der Waals surface area contributed by atoms with Crippen molar-refractivity contribution in [2.24, 2.45) is 5.73 Å². The third-order valence-electron chi connectivity index (χ3n) is 11.9. The van der Waals surface area contributed by atoms with Gasteiger partial charge in [0.2, 0.25) is 5.95 Å². The van der Waals surface area contributed by atoms with Crippen molar-refractivity contribution in [3.05, 3.63) is 88.4 Å². The lowest BCUT2D eigenvalue weighted by atomic mass is 10.1. The zero-order valence-corrected chi connectivity index (χ0v) is 40.4. The third-order valence-corrected chi connectivity index (χ3v) is 11.9. The summed E-state index contributed by atoms with van der Waals surface area (Å²) in [5.74, 6) is -0.0137. The Bertz CT molecular complexity index is 2940. The summed E-state index contributed by atoms with van der Waals surface area (Å²) in [6, 6.07) is 15.2. The number of anilines is 1. The van der Waals surface area contributed by atoms with E-state index in [1.165, 1.54) is 0 Å². The third kappa shape index (κ3) is 11.3. The first-order valence-electron chi connectivity index (χ1n) is 23.4. The molecule has 2 aromatic carbocycles. The van der Waals surface area contributed by atoms with E-state index in [4.69, 9.17) is 25.2 Å². The van der Waals surface area contributed by atoms with Gasteiger partial charge in [0, 0.05) is 98.1 Å². The molecule has 10 rings (SSSR count). The van der Waals surface area contributed by atoms with Crippen molar-refractivity contribution in [2.75, 3.05) is 44.6 Å². The van der Waals surface area contributed by atoms with Crippen LogP contribution in [-0.4, -0.2) is 126 Å². The van der Waals surface area contributed by atoms with Gasteiger partial charge in [-0.05, 0) is 92.5 Å². The number of benzene rings is 2. The number of rotatable bonds is 4. The summed E-state index contributed by atoms with van der Waals surface area (Å²) < 4.78 is 24.5. The summed E-state index contributed by atoms with van der Waals surface area (Å²) in [5.41, 5.74) is 14.9. The Morgan fingerprint density at radius 2 is 1.19 bits per heavy atom. The monoisotopic (exact) mass is 944 g/mol. The Labute approximate surface area is 399 Å². The van der Waals surface area contributed by atoms with Gasteiger partial charge < -0.3 is 50.9 Å². The number of likely N-dealkylation sites (tertiary alicyclic amines) is 2. The molecule has 6 aromatic rings. The second-order valence-electron chi connectivity index (χ2n) is 19.8. The minimum Gasteiger partial charge on any atom is -0.444 e. The Morgan fingerprint density at radius 1 is 0.696 bits per heavy atom. The predicted octanol–water partition coefficient (Wildman–Crippen LogP) is 6.95. The highest BCUT2D eigenvalue weighted by atomic mass is 19.1. The van der Waals surface area contributed by atoms with Crippen LogP contribution in [0.1, 0.15) is 97.9 Å². The number of aromatic amines is 2. The van der Waals surface area contributed by atoms with Gasteiger partial charge in [0.15, 0.2) is 0 Å². The summed E-state index contributed by atoms with van der Waals surface area (Å²) in [6.45, 7) is 18.5. The number of hydrogen-bond acceptors (Lipinski definition) is 12. The molecule has 69 heavy (non-hydrogen) atoms. The van der Waals surface area contributed by atoms with E-state index in [9.17, 15) is 23.6 Å². The fourth-order valence-corrected chi connectivity index (χ4v) is 8.60. The lowest BCUT2D eigenvalue weighted by molar-refractivity contribution is 0.0282. The first-order chi connectivity index (χ1) is 32.7. The molecule has 0 bridgehead atoms. The quantitative estimate of drug-likeness (QED) is 0.105. The molecule has 0 saturated carbocycles. The predicted molar refractivity (Wildman–Crippen MR) is 260 cm³/mol.